The summed E-state index contributed by atoms with van der Waals surface area (Å²) in [7, 11) is 3.22. The van der Waals surface area contributed by atoms with Crippen LogP contribution in [0.4, 0.5) is 0 Å². The number of rotatable bonds is 13. The molecule has 0 aliphatic rings. The number of benzene rings is 1. The summed E-state index contributed by atoms with van der Waals surface area (Å²) in [5.74, 6) is 1.11. The van der Waals surface area contributed by atoms with Gasteiger partial charge in [-0.15, -0.1) is 15.8 Å². The molecule has 0 aliphatic heterocycles. The first-order valence-corrected chi connectivity index (χ1v) is 10.7. The molecule has 0 fully saturated rings. The second-order valence-electron chi connectivity index (χ2n) is 7.28. The maximum absolute atomic E-state index is 4.20. The van der Waals surface area contributed by atoms with Gasteiger partial charge in [0.1, 0.15) is 0 Å². The minimum Gasteiger partial charge on any atom is -0.131 e. The maximum Gasteiger partial charge on any atom is 0.00520 e. The van der Waals surface area contributed by atoms with Gasteiger partial charge in [0.05, 0.1) is 0 Å². The summed E-state index contributed by atoms with van der Waals surface area (Å²) in [5.41, 5.74) is 1.43. The molecule has 0 nitrogen and oxygen atoms in total. The molecule has 1 heteroatoms. The molecule has 24 heavy (non-hydrogen) atoms. The molecule has 0 saturated carbocycles. The Morgan fingerprint density at radius 2 is 1.54 bits per heavy atom. The molecule has 0 heterocycles. The highest BCUT2D eigenvalue weighted by Gasteiger charge is 2.35. The van der Waals surface area contributed by atoms with Gasteiger partial charge in [0.15, 0.2) is 0 Å². The lowest BCUT2D eigenvalue weighted by Gasteiger charge is -2.41. The number of hydrogen-bond acceptors (Lipinski definition) is 0. The van der Waals surface area contributed by atoms with Crippen molar-refractivity contribution in [1.29, 1.82) is 0 Å². The van der Waals surface area contributed by atoms with Crippen LogP contribution >= 0.6 is 9.24 Å². The third kappa shape index (κ3) is 6.36. The van der Waals surface area contributed by atoms with Crippen molar-refractivity contribution in [2.45, 2.75) is 89.6 Å². The predicted octanol–water partition coefficient (Wildman–Crippen LogP) is 7.76. The largest absolute Gasteiger partial charge is 0.131 e. The normalized spacial score (nSPS) is 14.3. The van der Waals surface area contributed by atoms with E-state index in [9.17, 15) is 0 Å². The van der Waals surface area contributed by atoms with E-state index in [2.05, 4.69) is 73.0 Å². The number of hydrogen-bond donors (Lipinski definition) is 0. The summed E-state index contributed by atoms with van der Waals surface area (Å²) < 4.78 is 0. The van der Waals surface area contributed by atoms with E-state index in [1.54, 1.807) is 0 Å². The molecule has 1 aromatic rings. The Labute approximate surface area is 153 Å². The molecule has 0 saturated heterocycles. The van der Waals surface area contributed by atoms with Crippen molar-refractivity contribution in [2.24, 2.45) is 5.92 Å². The summed E-state index contributed by atoms with van der Waals surface area (Å²) in [5, 5.41) is 0.318. The Bertz CT molecular complexity index is 433. The molecular weight excluding hydrogens is 307 g/mol. The van der Waals surface area contributed by atoms with Crippen LogP contribution in [0.5, 0.6) is 0 Å². The van der Waals surface area contributed by atoms with E-state index in [0.717, 1.165) is 0 Å². The number of unbranched alkanes of at least 4 members (excludes halogenated alkanes) is 5. The molecule has 1 rings (SSSR count). The molecule has 3 unspecified atom stereocenters. The zero-order chi connectivity index (χ0) is 17.8. The smallest absolute Gasteiger partial charge is 0.00520 e. The molecule has 3 atom stereocenters. The van der Waals surface area contributed by atoms with Crippen LogP contribution in [0, 0.1) is 5.92 Å². The van der Waals surface area contributed by atoms with Gasteiger partial charge in [-0.25, -0.2) is 0 Å². The van der Waals surface area contributed by atoms with Crippen molar-refractivity contribution in [3.63, 3.8) is 0 Å². The number of allylic oxidation sites excluding steroid dienone is 1. The standard InChI is InChI=1S/C23H39P/c1-5-9-10-11-12-16-19-22(23(24,7-3)8-4)21(6-2)20-17-14-13-15-18-20/h6,13-15,17-18,21-22H,2,5,7-12,16,19,24H2,1,3-4H3. The van der Waals surface area contributed by atoms with Gasteiger partial charge in [0.25, 0.3) is 0 Å². The van der Waals surface area contributed by atoms with Crippen LogP contribution in [0.2, 0.25) is 0 Å². The van der Waals surface area contributed by atoms with E-state index in [4.69, 9.17) is 0 Å². The lowest BCUT2D eigenvalue weighted by atomic mass is 9.72. The molecule has 0 N–H and O–H groups in total. The van der Waals surface area contributed by atoms with Gasteiger partial charge < -0.3 is 0 Å². The predicted molar refractivity (Wildman–Crippen MR) is 114 cm³/mol. The van der Waals surface area contributed by atoms with Gasteiger partial charge >= 0.3 is 0 Å². The minimum atomic E-state index is 0.318. The van der Waals surface area contributed by atoms with Gasteiger partial charge in [0.2, 0.25) is 0 Å². The lowest BCUT2D eigenvalue weighted by Crippen LogP contribution is -2.34. The Morgan fingerprint density at radius 3 is 2.08 bits per heavy atom. The van der Waals surface area contributed by atoms with E-state index in [1.165, 1.54) is 63.4 Å². The first-order valence-electron chi connectivity index (χ1n) is 10.1. The Balaban J connectivity index is 2.82. The van der Waals surface area contributed by atoms with Gasteiger partial charge in [-0.2, -0.15) is 0 Å². The average Bonchev–Trinajstić information content (AvgIpc) is 2.63. The molecule has 0 aliphatic carbocycles. The van der Waals surface area contributed by atoms with Crippen LogP contribution in [-0.4, -0.2) is 5.16 Å². The molecule has 0 bridgehead atoms. The summed E-state index contributed by atoms with van der Waals surface area (Å²) in [6, 6.07) is 11.0. The summed E-state index contributed by atoms with van der Waals surface area (Å²) in [6.07, 6.45) is 14.2. The highest BCUT2D eigenvalue weighted by atomic mass is 31.0. The monoisotopic (exact) mass is 346 g/mol. The third-order valence-electron chi connectivity index (χ3n) is 5.80. The molecule has 0 radical (unpaired) electrons. The van der Waals surface area contributed by atoms with Gasteiger partial charge in [-0.1, -0.05) is 95.7 Å². The van der Waals surface area contributed by atoms with Crippen molar-refractivity contribution in [3.05, 3.63) is 48.6 Å². The minimum absolute atomic E-state index is 0.318. The zero-order valence-electron chi connectivity index (χ0n) is 16.3. The zero-order valence-corrected chi connectivity index (χ0v) is 17.4. The van der Waals surface area contributed by atoms with Crippen LogP contribution in [-0.2, 0) is 0 Å². The van der Waals surface area contributed by atoms with E-state index in [1.807, 2.05) is 0 Å². The SMILES string of the molecule is C=CC(c1ccccc1)C(CCCCCCCC)C(P)(CC)CC. The second-order valence-corrected chi connectivity index (χ2v) is 8.43. The first kappa shape index (κ1) is 21.4. The molecule has 136 valence electrons. The Kier molecular flexibility index (Phi) is 10.6. The molecule has 0 amide bonds. The summed E-state index contributed by atoms with van der Waals surface area (Å²) >= 11 is 0. The summed E-state index contributed by atoms with van der Waals surface area (Å²) in [4.78, 5) is 0. The van der Waals surface area contributed by atoms with Crippen LogP contribution < -0.4 is 0 Å². The van der Waals surface area contributed by atoms with E-state index in [0.29, 0.717) is 17.0 Å². The molecule has 1 aromatic carbocycles. The highest BCUT2D eigenvalue weighted by molar-refractivity contribution is 7.19. The average molecular weight is 347 g/mol. The maximum atomic E-state index is 4.20. The first-order chi connectivity index (χ1) is 11.6. The fraction of sp³-hybridized carbons (Fsp3) is 0.652. The van der Waals surface area contributed by atoms with Crippen molar-refractivity contribution in [2.75, 3.05) is 0 Å². The molecule has 0 aromatic heterocycles. The quantitative estimate of drug-likeness (QED) is 0.194. The Morgan fingerprint density at radius 1 is 0.958 bits per heavy atom. The van der Waals surface area contributed by atoms with Crippen molar-refractivity contribution in [1.82, 2.24) is 0 Å². The van der Waals surface area contributed by atoms with Crippen molar-refractivity contribution in [3.8, 4) is 0 Å². The third-order valence-corrected chi connectivity index (χ3v) is 7.04. The van der Waals surface area contributed by atoms with Gasteiger partial charge in [-0.05, 0) is 35.9 Å². The van der Waals surface area contributed by atoms with Crippen LogP contribution in [0.15, 0.2) is 43.0 Å². The van der Waals surface area contributed by atoms with Crippen molar-refractivity contribution < 1.29 is 0 Å². The molecular formula is C23H39P. The fourth-order valence-corrected chi connectivity index (χ4v) is 4.33. The van der Waals surface area contributed by atoms with E-state index >= 15 is 0 Å². The summed E-state index contributed by atoms with van der Waals surface area (Å²) in [6.45, 7) is 11.2. The highest BCUT2D eigenvalue weighted by Crippen LogP contribution is 2.46. The van der Waals surface area contributed by atoms with Gasteiger partial charge in [0, 0.05) is 5.92 Å². The van der Waals surface area contributed by atoms with Crippen LogP contribution in [0.3, 0.4) is 0 Å². The fourth-order valence-electron chi connectivity index (χ4n) is 3.95. The topological polar surface area (TPSA) is 0 Å². The van der Waals surface area contributed by atoms with E-state index < -0.39 is 0 Å². The van der Waals surface area contributed by atoms with Gasteiger partial charge in [-0.3, -0.25) is 0 Å². The van der Waals surface area contributed by atoms with E-state index in [-0.39, 0.29) is 0 Å². The second kappa shape index (κ2) is 11.9. The van der Waals surface area contributed by atoms with Crippen LogP contribution in [0.25, 0.3) is 0 Å². The van der Waals surface area contributed by atoms with Crippen LogP contribution in [0.1, 0.15) is 90.0 Å². The van der Waals surface area contributed by atoms with Crippen molar-refractivity contribution >= 4 is 9.24 Å². The lowest BCUT2D eigenvalue weighted by molar-refractivity contribution is 0.297. The molecule has 0 spiro atoms. The Hall–Kier alpha value is -0.610.